The third kappa shape index (κ3) is 4.49. The van der Waals surface area contributed by atoms with Crippen molar-refractivity contribution in [2.24, 2.45) is 0 Å². The summed E-state index contributed by atoms with van der Waals surface area (Å²) < 4.78 is 7.02. The Kier molecular flexibility index (Phi) is 5.85. The molecule has 7 heteroatoms. The SMILES string of the molecule is O=C(CO)N1CCN(CCc2ccc(Oc3nc4ccccc4s3)cc2)CC1. The number of rotatable bonds is 6. The Morgan fingerprint density at radius 2 is 1.82 bits per heavy atom. The summed E-state index contributed by atoms with van der Waals surface area (Å²) in [5.41, 5.74) is 2.21. The van der Waals surface area contributed by atoms with Crippen LogP contribution in [-0.4, -0.2) is 65.1 Å². The van der Waals surface area contributed by atoms with Gasteiger partial charge in [0.15, 0.2) is 0 Å². The van der Waals surface area contributed by atoms with Gasteiger partial charge in [-0.2, -0.15) is 0 Å². The lowest BCUT2D eigenvalue weighted by molar-refractivity contribution is -0.135. The van der Waals surface area contributed by atoms with Crippen LogP contribution < -0.4 is 4.74 Å². The van der Waals surface area contributed by atoms with Crippen molar-refractivity contribution in [1.29, 1.82) is 0 Å². The second kappa shape index (κ2) is 8.68. The van der Waals surface area contributed by atoms with Crippen molar-refractivity contribution in [3.05, 3.63) is 54.1 Å². The van der Waals surface area contributed by atoms with Gasteiger partial charge in [-0.1, -0.05) is 35.6 Å². The van der Waals surface area contributed by atoms with E-state index in [-0.39, 0.29) is 5.91 Å². The molecule has 1 fully saturated rings. The maximum atomic E-state index is 11.5. The molecule has 0 atom stereocenters. The molecule has 1 N–H and O–H groups in total. The van der Waals surface area contributed by atoms with E-state index in [1.54, 1.807) is 16.2 Å². The number of benzene rings is 2. The molecular weight excluding hydrogens is 374 g/mol. The largest absolute Gasteiger partial charge is 0.431 e. The minimum Gasteiger partial charge on any atom is -0.431 e. The highest BCUT2D eigenvalue weighted by Crippen LogP contribution is 2.31. The van der Waals surface area contributed by atoms with E-state index in [0.29, 0.717) is 18.3 Å². The van der Waals surface area contributed by atoms with E-state index < -0.39 is 6.61 Å². The lowest BCUT2D eigenvalue weighted by Crippen LogP contribution is -2.49. The van der Waals surface area contributed by atoms with E-state index in [9.17, 15) is 4.79 Å². The van der Waals surface area contributed by atoms with E-state index in [1.807, 2.05) is 36.4 Å². The van der Waals surface area contributed by atoms with Crippen LogP contribution in [0.4, 0.5) is 0 Å². The van der Waals surface area contributed by atoms with Gasteiger partial charge >= 0.3 is 0 Å². The lowest BCUT2D eigenvalue weighted by atomic mass is 10.1. The van der Waals surface area contributed by atoms with Gasteiger partial charge in [0, 0.05) is 32.7 Å². The Hall–Kier alpha value is -2.48. The molecule has 28 heavy (non-hydrogen) atoms. The number of ether oxygens (including phenoxy) is 1. The van der Waals surface area contributed by atoms with Crippen LogP contribution in [0.5, 0.6) is 10.9 Å². The van der Waals surface area contributed by atoms with Gasteiger partial charge in [-0.05, 0) is 36.2 Å². The van der Waals surface area contributed by atoms with Crippen molar-refractivity contribution in [2.45, 2.75) is 6.42 Å². The Morgan fingerprint density at radius 3 is 2.54 bits per heavy atom. The van der Waals surface area contributed by atoms with Crippen LogP contribution >= 0.6 is 11.3 Å². The van der Waals surface area contributed by atoms with E-state index in [4.69, 9.17) is 9.84 Å². The summed E-state index contributed by atoms with van der Waals surface area (Å²) >= 11 is 1.55. The molecule has 2 aromatic carbocycles. The number of thiazole rings is 1. The number of hydrogen-bond acceptors (Lipinski definition) is 6. The fraction of sp³-hybridized carbons (Fsp3) is 0.333. The molecule has 0 bridgehead atoms. The van der Waals surface area contributed by atoms with Gasteiger partial charge in [0.1, 0.15) is 12.4 Å². The minimum absolute atomic E-state index is 0.177. The number of carbonyl (C=O) groups excluding carboxylic acids is 1. The van der Waals surface area contributed by atoms with Gasteiger partial charge < -0.3 is 14.7 Å². The zero-order valence-electron chi connectivity index (χ0n) is 15.6. The van der Waals surface area contributed by atoms with E-state index in [0.717, 1.165) is 42.0 Å². The lowest BCUT2D eigenvalue weighted by Gasteiger charge is -2.34. The maximum Gasteiger partial charge on any atom is 0.279 e. The summed E-state index contributed by atoms with van der Waals surface area (Å²) in [6.45, 7) is 3.64. The molecule has 1 amide bonds. The zero-order valence-corrected chi connectivity index (χ0v) is 16.4. The fourth-order valence-corrected chi connectivity index (χ4v) is 4.16. The quantitative estimate of drug-likeness (QED) is 0.693. The minimum atomic E-state index is -0.397. The van der Waals surface area contributed by atoms with Crippen molar-refractivity contribution in [2.75, 3.05) is 39.3 Å². The number of aliphatic hydroxyl groups excluding tert-OH is 1. The van der Waals surface area contributed by atoms with Crippen molar-refractivity contribution >= 4 is 27.5 Å². The van der Waals surface area contributed by atoms with Crippen LogP contribution in [0.15, 0.2) is 48.5 Å². The van der Waals surface area contributed by atoms with Crippen LogP contribution in [0.1, 0.15) is 5.56 Å². The average molecular weight is 398 g/mol. The molecule has 0 spiro atoms. The molecule has 1 aromatic heterocycles. The topological polar surface area (TPSA) is 65.9 Å². The van der Waals surface area contributed by atoms with Gasteiger partial charge in [0.2, 0.25) is 5.91 Å². The van der Waals surface area contributed by atoms with Crippen molar-refractivity contribution in [1.82, 2.24) is 14.8 Å². The summed E-state index contributed by atoms with van der Waals surface area (Å²) in [6.07, 6.45) is 0.954. The Bertz CT molecular complexity index is 900. The number of hydrogen-bond donors (Lipinski definition) is 1. The highest BCUT2D eigenvalue weighted by molar-refractivity contribution is 7.20. The first-order valence-corrected chi connectivity index (χ1v) is 10.3. The Morgan fingerprint density at radius 1 is 1.07 bits per heavy atom. The van der Waals surface area contributed by atoms with E-state index in [1.165, 1.54) is 5.56 Å². The number of amides is 1. The van der Waals surface area contributed by atoms with Crippen molar-refractivity contribution in [3.63, 3.8) is 0 Å². The Balaban J connectivity index is 1.27. The molecule has 0 radical (unpaired) electrons. The van der Waals surface area contributed by atoms with E-state index in [2.05, 4.69) is 22.0 Å². The van der Waals surface area contributed by atoms with Crippen LogP contribution in [0.2, 0.25) is 0 Å². The predicted molar refractivity (Wildman–Crippen MR) is 110 cm³/mol. The number of aliphatic hydroxyl groups is 1. The number of nitrogens with zero attached hydrogens (tertiary/aromatic N) is 3. The maximum absolute atomic E-state index is 11.5. The van der Waals surface area contributed by atoms with Gasteiger partial charge in [0.05, 0.1) is 10.2 Å². The molecule has 4 rings (SSSR count). The van der Waals surface area contributed by atoms with Crippen molar-refractivity contribution < 1.29 is 14.6 Å². The van der Waals surface area contributed by atoms with Crippen LogP contribution in [0, 0.1) is 0 Å². The number of carbonyl (C=O) groups is 1. The average Bonchev–Trinajstić information content (AvgIpc) is 3.15. The molecule has 1 saturated heterocycles. The summed E-state index contributed by atoms with van der Waals surface area (Å²) in [4.78, 5) is 20.1. The smallest absolute Gasteiger partial charge is 0.279 e. The molecular formula is C21H23N3O3S. The molecule has 2 heterocycles. The first-order chi connectivity index (χ1) is 13.7. The Labute approximate surface area is 168 Å². The standard InChI is InChI=1S/C21H23N3O3S/c25-15-20(26)24-13-11-23(12-14-24)10-9-16-5-7-17(8-6-16)27-21-22-18-3-1-2-4-19(18)28-21/h1-8,25H,9-15H2. The van der Waals surface area contributed by atoms with Gasteiger partial charge in [0.25, 0.3) is 5.19 Å². The monoisotopic (exact) mass is 397 g/mol. The molecule has 146 valence electrons. The molecule has 1 aliphatic heterocycles. The second-order valence-corrected chi connectivity index (χ2v) is 7.82. The molecule has 0 unspecified atom stereocenters. The normalized spacial score (nSPS) is 15.1. The number of aromatic nitrogens is 1. The first-order valence-electron chi connectivity index (χ1n) is 9.44. The van der Waals surface area contributed by atoms with Crippen LogP contribution in [-0.2, 0) is 11.2 Å². The first kappa shape index (κ1) is 18.9. The number of piperazine rings is 1. The summed E-state index contributed by atoms with van der Waals surface area (Å²) in [7, 11) is 0. The highest BCUT2D eigenvalue weighted by Gasteiger charge is 2.19. The summed E-state index contributed by atoms with van der Waals surface area (Å²) in [5, 5.41) is 9.60. The number of para-hydroxylation sites is 1. The van der Waals surface area contributed by atoms with Crippen LogP contribution in [0.25, 0.3) is 10.2 Å². The molecule has 0 saturated carbocycles. The highest BCUT2D eigenvalue weighted by atomic mass is 32.1. The second-order valence-electron chi connectivity index (χ2n) is 6.82. The molecule has 1 aliphatic rings. The van der Waals surface area contributed by atoms with Crippen LogP contribution in [0.3, 0.4) is 0 Å². The third-order valence-electron chi connectivity index (χ3n) is 4.98. The fourth-order valence-electron chi connectivity index (χ4n) is 3.33. The summed E-state index contributed by atoms with van der Waals surface area (Å²) in [5.74, 6) is 0.613. The number of fused-ring (bicyclic) bond motifs is 1. The molecule has 6 nitrogen and oxygen atoms in total. The van der Waals surface area contributed by atoms with Crippen molar-refractivity contribution in [3.8, 4) is 10.9 Å². The molecule has 3 aromatic rings. The van der Waals surface area contributed by atoms with Gasteiger partial charge in [-0.3, -0.25) is 9.69 Å². The molecule has 0 aliphatic carbocycles. The van der Waals surface area contributed by atoms with Gasteiger partial charge in [-0.25, -0.2) is 4.98 Å². The third-order valence-corrected chi connectivity index (χ3v) is 5.89. The van der Waals surface area contributed by atoms with Gasteiger partial charge in [-0.15, -0.1) is 0 Å². The summed E-state index contributed by atoms with van der Waals surface area (Å²) in [6, 6.07) is 16.2. The van der Waals surface area contributed by atoms with E-state index >= 15 is 0 Å². The predicted octanol–water partition coefficient (Wildman–Crippen LogP) is 2.77. The zero-order chi connectivity index (χ0) is 19.3.